The minimum atomic E-state index is -0.927. The molecule has 0 aliphatic carbocycles. The van der Waals surface area contributed by atoms with E-state index in [-0.39, 0.29) is 19.0 Å². The number of rotatable bonds is 3. The summed E-state index contributed by atoms with van der Waals surface area (Å²) in [4.78, 5) is 24.3. The molecule has 0 aromatic heterocycles. The van der Waals surface area contributed by atoms with Gasteiger partial charge in [-0.05, 0) is 17.7 Å². The molecule has 2 N–H and O–H groups in total. The van der Waals surface area contributed by atoms with Crippen LogP contribution < -0.4 is 5.32 Å². The SMILES string of the molecule is N#CC1CN(C(=O)Nc2cccc(CC(=O)O)c2)CCO1. The van der Waals surface area contributed by atoms with Crippen LogP contribution in [0.15, 0.2) is 24.3 Å². The Morgan fingerprint density at radius 1 is 1.52 bits per heavy atom. The van der Waals surface area contributed by atoms with Gasteiger partial charge >= 0.3 is 12.0 Å². The lowest BCUT2D eigenvalue weighted by molar-refractivity contribution is -0.136. The predicted octanol–water partition coefficient (Wildman–Crippen LogP) is 1.07. The fraction of sp³-hybridized carbons (Fsp3) is 0.357. The van der Waals surface area contributed by atoms with Crippen molar-refractivity contribution in [3.63, 3.8) is 0 Å². The van der Waals surface area contributed by atoms with Crippen LogP contribution in [0.3, 0.4) is 0 Å². The molecule has 1 aliphatic rings. The van der Waals surface area contributed by atoms with Crippen molar-refractivity contribution in [2.45, 2.75) is 12.5 Å². The smallest absolute Gasteiger partial charge is 0.322 e. The van der Waals surface area contributed by atoms with Gasteiger partial charge in [0.1, 0.15) is 0 Å². The van der Waals surface area contributed by atoms with Gasteiger partial charge in [0.2, 0.25) is 0 Å². The number of anilines is 1. The number of aliphatic carboxylic acids is 1. The summed E-state index contributed by atoms with van der Waals surface area (Å²) in [5, 5.41) is 20.3. The molecule has 2 amide bonds. The highest BCUT2D eigenvalue weighted by Crippen LogP contribution is 2.13. The molecular weight excluding hydrogens is 274 g/mol. The molecule has 21 heavy (non-hydrogen) atoms. The zero-order chi connectivity index (χ0) is 15.2. The van der Waals surface area contributed by atoms with E-state index in [1.165, 1.54) is 4.90 Å². The molecule has 1 aliphatic heterocycles. The zero-order valence-corrected chi connectivity index (χ0v) is 11.3. The first kappa shape index (κ1) is 14.8. The third-order valence-corrected chi connectivity index (χ3v) is 3.03. The van der Waals surface area contributed by atoms with E-state index in [0.717, 1.165) is 0 Å². The van der Waals surface area contributed by atoms with E-state index in [9.17, 15) is 9.59 Å². The van der Waals surface area contributed by atoms with Gasteiger partial charge in [-0.1, -0.05) is 12.1 Å². The molecule has 1 saturated heterocycles. The van der Waals surface area contributed by atoms with E-state index in [4.69, 9.17) is 15.1 Å². The van der Waals surface area contributed by atoms with Crippen molar-refractivity contribution in [3.05, 3.63) is 29.8 Å². The van der Waals surface area contributed by atoms with Crippen LogP contribution in [-0.2, 0) is 16.0 Å². The van der Waals surface area contributed by atoms with Gasteiger partial charge in [0.15, 0.2) is 6.10 Å². The topological polar surface area (TPSA) is 103 Å². The summed E-state index contributed by atoms with van der Waals surface area (Å²) in [5.41, 5.74) is 1.14. The largest absolute Gasteiger partial charge is 0.481 e. The van der Waals surface area contributed by atoms with Gasteiger partial charge in [-0.3, -0.25) is 4.79 Å². The fourth-order valence-corrected chi connectivity index (χ4v) is 2.05. The standard InChI is InChI=1S/C14H15N3O4/c15-8-12-9-17(4-5-21-12)14(20)16-11-3-1-2-10(6-11)7-13(18)19/h1-3,6,12H,4-5,7,9H2,(H,16,20)(H,18,19). The minimum Gasteiger partial charge on any atom is -0.481 e. The first-order valence-corrected chi connectivity index (χ1v) is 6.46. The number of nitriles is 1. The van der Waals surface area contributed by atoms with Crippen LogP contribution in [0.2, 0.25) is 0 Å². The monoisotopic (exact) mass is 289 g/mol. The Hall–Kier alpha value is -2.59. The number of carboxylic acid groups (broad SMARTS) is 1. The normalized spacial score (nSPS) is 17.9. The van der Waals surface area contributed by atoms with Crippen LogP contribution in [0.25, 0.3) is 0 Å². The second-order valence-corrected chi connectivity index (χ2v) is 4.64. The van der Waals surface area contributed by atoms with E-state index in [1.54, 1.807) is 24.3 Å². The first-order chi connectivity index (χ1) is 10.1. The van der Waals surface area contributed by atoms with Crippen molar-refractivity contribution in [2.75, 3.05) is 25.0 Å². The Morgan fingerprint density at radius 2 is 2.33 bits per heavy atom. The van der Waals surface area contributed by atoms with Gasteiger partial charge < -0.3 is 20.1 Å². The van der Waals surface area contributed by atoms with Crippen LogP contribution in [-0.4, -0.2) is 47.8 Å². The molecule has 0 saturated carbocycles. The Morgan fingerprint density at radius 3 is 3.05 bits per heavy atom. The van der Waals surface area contributed by atoms with E-state index < -0.39 is 12.1 Å². The number of carbonyl (C=O) groups excluding carboxylic acids is 1. The van der Waals surface area contributed by atoms with Gasteiger partial charge in [0.25, 0.3) is 0 Å². The number of nitrogens with zero attached hydrogens (tertiary/aromatic N) is 2. The van der Waals surface area contributed by atoms with Crippen LogP contribution in [0.5, 0.6) is 0 Å². The lowest BCUT2D eigenvalue weighted by Gasteiger charge is -2.29. The maximum atomic E-state index is 12.1. The van der Waals surface area contributed by atoms with Crippen molar-refractivity contribution >= 4 is 17.7 Å². The van der Waals surface area contributed by atoms with Crippen LogP contribution in [0.1, 0.15) is 5.56 Å². The summed E-state index contributed by atoms with van der Waals surface area (Å²) in [6, 6.07) is 8.32. The third kappa shape index (κ3) is 4.19. The Balaban J connectivity index is 1.99. The summed E-state index contributed by atoms with van der Waals surface area (Å²) < 4.78 is 5.17. The van der Waals surface area contributed by atoms with Crippen molar-refractivity contribution in [1.82, 2.24) is 4.90 Å². The van der Waals surface area contributed by atoms with E-state index in [1.807, 2.05) is 6.07 Å². The number of urea groups is 1. The molecule has 1 fully saturated rings. The van der Waals surface area contributed by atoms with Crippen molar-refractivity contribution < 1.29 is 19.4 Å². The van der Waals surface area contributed by atoms with Crippen LogP contribution in [0, 0.1) is 11.3 Å². The maximum absolute atomic E-state index is 12.1. The molecule has 1 heterocycles. The summed E-state index contributed by atoms with van der Waals surface area (Å²) in [6.45, 7) is 0.959. The Kier molecular flexibility index (Phi) is 4.74. The average Bonchev–Trinajstić information content (AvgIpc) is 2.47. The number of carbonyl (C=O) groups is 2. The number of carboxylic acids is 1. The molecule has 1 atom stereocenters. The van der Waals surface area contributed by atoms with Gasteiger partial charge in [-0.15, -0.1) is 0 Å². The number of ether oxygens (including phenoxy) is 1. The Bertz CT molecular complexity index is 582. The van der Waals surface area contributed by atoms with E-state index in [2.05, 4.69) is 5.32 Å². The number of amides is 2. The zero-order valence-electron chi connectivity index (χ0n) is 11.3. The van der Waals surface area contributed by atoms with Gasteiger partial charge in [-0.25, -0.2) is 4.79 Å². The van der Waals surface area contributed by atoms with Crippen molar-refractivity contribution in [2.24, 2.45) is 0 Å². The lowest BCUT2D eigenvalue weighted by atomic mass is 10.1. The predicted molar refractivity (Wildman–Crippen MR) is 73.7 cm³/mol. The molecule has 1 unspecified atom stereocenters. The first-order valence-electron chi connectivity index (χ1n) is 6.46. The second-order valence-electron chi connectivity index (χ2n) is 4.64. The van der Waals surface area contributed by atoms with E-state index >= 15 is 0 Å². The molecule has 0 spiro atoms. The van der Waals surface area contributed by atoms with Crippen molar-refractivity contribution in [1.29, 1.82) is 5.26 Å². The molecule has 7 nitrogen and oxygen atoms in total. The highest BCUT2D eigenvalue weighted by atomic mass is 16.5. The number of benzene rings is 1. The molecule has 2 rings (SSSR count). The van der Waals surface area contributed by atoms with Crippen molar-refractivity contribution in [3.8, 4) is 6.07 Å². The summed E-state index contributed by atoms with van der Waals surface area (Å²) in [7, 11) is 0. The van der Waals surface area contributed by atoms with Crippen LogP contribution in [0.4, 0.5) is 10.5 Å². The van der Waals surface area contributed by atoms with Gasteiger partial charge in [-0.2, -0.15) is 5.26 Å². The number of nitrogens with one attached hydrogen (secondary N) is 1. The molecule has 1 aromatic rings. The number of hydrogen-bond donors (Lipinski definition) is 2. The second kappa shape index (κ2) is 6.72. The Labute approximate surface area is 121 Å². The van der Waals surface area contributed by atoms with Gasteiger partial charge in [0, 0.05) is 12.2 Å². The highest BCUT2D eigenvalue weighted by molar-refractivity contribution is 5.89. The molecule has 0 radical (unpaired) electrons. The molecule has 110 valence electrons. The number of hydrogen-bond acceptors (Lipinski definition) is 4. The van der Waals surface area contributed by atoms with Crippen LogP contribution >= 0.6 is 0 Å². The average molecular weight is 289 g/mol. The lowest BCUT2D eigenvalue weighted by Crippen LogP contribution is -2.46. The molecule has 7 heteroatoms. The van der Waals surface area contributed by atoms with Gasteiger partial charge in [0.05, 0.1) is 25.6 Å². The summed E-state index contributed by atoms with van der Waals surface area (Å²) >= 11 is 0. The quantitative estimate of drug-likeness (QED) is 0.866. The maximum Gasteiger partial charge on any atom is 0.322 e. The molecular formula is C14H15N3O4. The van der Waals surface area contributed by atoms with E-state index in [0.29, 0.717) is 24.4 Å². The third-order valence-electron chi connectivity index (χ3n) is 3.03. The number of morpholine rings is 1. The summed E-state index contributed by atoms with van der Waals surface area (Å²) in [6.07, 6.45) is -0.708. The minimum absolute atomic E-state index is 0.0994. The highest BCUT2D eigenvalue weighted by Gasteiger charge is 2.23. The molecule has 0 bridgehead atoms. The summed E-state index contributed by atoms with van der Waals surface area (Å²) in [5.74, 6) is -0.927. The fourth-order valence-electron chi connectivity index (χ4n) is 2.05. The molecule has 1 aromatic carbocycles.